The van der Waals surface area contributed by atoms with Crippen LogP contribution in [0.3, 0.4) is 0 Å². The standard InChI is InChI=1S/C11H11F3N2O4/c12-11(13,14)6-20-4-2-9(17)16-7-1-3-15-8(5-7)10(18)19/h1,3,5H,2,4,6H2,(H,18,19)(H,15,16,17). The summed E-state index contributed by atoms with van der Waals surface area (Å²) < 4.78 is 39.6. The van der Waals surface area contributed by atoms with E-state index in [1.54, 1.807) is 0 Å². The van der Waals surface area contributed by atoms with Gasteiger partial charge in [0, 0.05) is 11.9 Å². The van der Waals surface area contributed by atoms with Gasteiger partial charge in [-0.05, 0) is 12.1 Å². The number of anilines is 1. The topological polar surface area (TPSA) is 88.5 Å². The number of nitrogens with one attached hydrogen (secondary N) is 1. The van der Waals surface area contributed by atoms with Crippen LogP contribution >= 0.6 is 0 Å². The van der Waals surface area contributed by atoms with Gasteiger partial charge >= 0.3 is 12.1 Å². The van der Waals surface area contributed by atoms with E-state index in [2.05, 4.69) is 15.0 Å². The summed E-state index contributed by atoms with van der Waals surface area (Å²) in [4.78, 5) is 25.6. The molecular weight excluding hydrogens is 281 g/mol. The zero-order chi connectivity index (χ0) is 15.2. The van der Waals surface area contributed by atoms with E-state index in [0.29, 0.717) is 0 Å². The predicted molar refractivity (Wildman–Crippen MR) is 61.3 cm³/mol. The second-order valence-electron chi connectivity index (χ2n) is 3.70. The number of hydrogen-bond acceptors (Lipinski definition) is 4. The number of aromatic nitrogens is 1. The number of ether oxygens (including phenoxy) is 1. The Hall–Kier alpha value is -2.16. The van der Waals surface area contributed by atoms with E-state index >= 15 is 0 Å². The number of rotatable bonds is 6. The minimum absolute atomic E-state index is 0.193. The van der Waals surface area contributed by atoms with E-state index in [0.717, 1.165) is 6.07 Å². The molecule has 1 heterocycles. The van der Waals surface area contributed by atoms with Crippen LogP contribution in [0.5, 0.6) is 0 Å². The molecule has 0 saturated carbocycles. The van der Waals surface area contributed by atoms with Crippen LogP contribution in [0.2, 0.25) is 0 Å². The molecule has 0 aliphatic carbocycles. The highest BCUT2D eigenvalue weighted by molar-refractivity contribution is 5.92. The van der Waals surface area contributed by atoms with Crippen LogP contribution in [0, 0.1) is 0 Å². The van der Waals surface area contributed by atoms with Crippen molar-refractivity contribution in [1.82, 2.24) is 4.98 Å². The summed E-state index contributed by atoms with van der Waals surface area (Å²) in [5.74, 6) is -1.84. The molecule has 20 heavy (non-hydrogen) atoms. The van der Waals surface area contributed by atoms with Gasteiger partial charge in [0.25, 0.3) is 0 Å². The highest BCUT2D eigenvalue weighted by Crippen LogP contribution is 2.14. The van der Waals surface area contributed by atoms with Crippen LogP contribution in [0.15, 0.2) is 18.3 Å². The number of carboxylic acid groups (broad SMARTS) is 1. The van der Waals surface area contributed by atoms with Crippen LogP contribution in [0.4, 0.5) is 18.9 Å². The molecule has 0 bridgehead atoms. The SMILES string of the molecule is O=C(CCOCC(F)(F)F)Nc1ccnc(C(=O)O)c1. The number of halogens is 3. The molecule has 1 aromatic heterocycles. The van der Waals surface area contributed by atoms with Gasteiger partial charge in [0.1, 0.15) is 12.3 Å². The number of carboxylic acids is 1. The van der Waals surface area contributed by atoms with Crippen molar-refractivity contribution in [3.05, 3.63) is 24.0 Å². The fraction of sp³-hybridized carbons (Fsp3) is 0.364. The molecule has 0 fully saturated rings. The molecule has 0 atom stereocenters. The Balaban J connectivity index is 2.39. The van der Waals surface area contributed by atoms with E-state index in [1.165, 1.54) is 12.3 Å². The van der Waals surface area contributed by atoms with Crippen molar-refractivity contribution in [1.29, 1.82) is 0 Å². The zero-order valence-electron chi connectivity index (χ0n) is 10.1. The first-order valence-electron chi connectivity index (χ1n) is 5.41. The number of carbonyl (C=O) groups excluding carboxylic acids is 1. The number of alkyl halides is 3. The lowest BCUT2D eigenvalue weighted by molar-refractivity contribution is -0.174. The smallest absolute Gasteiger partial charge is 0.411 e. The molecule has 0 unspecified atom stereocenters. The Bertz CT molecular complexity index is 491. The minimum atomic E-state index is -4.43. The quantitative estimate of drug-likeness (QED) is 0.779. The number of carbonyl (C=O) groups is 2. The van der Waals surface area contributed by atoms with Crippen molar-refractivity contribution in [3.63, 3.8) is 0 Å². The largest absolute Gasteiger partial charge is 0.477 e. The average molecular weight is 292 g/mol. The fourth-order valence-electron chi connectivity index (χ4n) is 1.20. The van der Waals surface area contributed by atoms with Gasteiger partial charge in [-0.15, -0.1) is 0 Å². The number of hydrogen-bond donors (Lipinski definition) is 2. The summed E-state index contributed by atoms with van der Waals surface area (Å²) in [6.07, 6.45) is -3.52. The third-order valence-corrected chi connectivity index (χ3v) is 2.00. The van der Waals surface area contributed by atoms with Crippen LogP contribution in [0.25, 0.3) is 0 Å². The second kappa shape index (κ2) is 6.85. The Kier molecular flexibility index (Phi) is 5.44. The van der Waals surface area contributed by atoms with Crippen molar-refractivity contribution >= 4 is 17.6 Å². The average Bonchev–Trinajstić information content (AvgIpc) is 2.34. The molecular formula is C11H11F3N2O4. The molecule has 0 aliphatic rings. The molecule has 2 N–H and O–H groups in total. The number of pyridine rings is 1. The van der Waals surface area contributed by atoms with Crippen LogP contribution < -0.4 is 5.32 Å². The van der Waals surface area contributed by atoms with Crippen molar-refractivity contribution in [3.8, 4) is 0 Å². The highest BCUT2D eigenvalue weighted by atomic mass is 19.4. The van der Waals surface area contributed by atoms with Crippen LogP contribution in [-0.2, 0) is 9.53 Å². The molecule has 0 spiro atoms. The second-order valence-corrected chi connectivity index (χ2v) is 3.70. The summed E-state index contributed by atoms with van der Waals surface area (Å²) in [6, 6.07) is 2.50. The monoisotopic (exact) mass is 292 g/mol. The third-order valence-electron chi connectivity index (χ3n) is 2.00. The summed E-state index contributed by atoms with van der Waals surface area (Å²) in [7, 11) is 0. The fourth-order valence-corrected chi connectivity index (χ4v) is 1.20. The van der Waals surface area contributed by atoms with E-state index < -0.39 is 24.7 Å². The van der Waals surface area contributed by atoms with Gasteiger partial charge in [-0.2, -0.15) is 13.2 Å². The van der Waals surface area contributed by atoms with Gasteiger partial charge < -0.3 is 15.2 Å². The first kappa shape index (κ1) is 15.9. The molecule has 0 radical (unpaired) electrons. The summed E-state index contributed by atoms with van der Waals surface area (Å²) in [5, 5.41) is 11.0. The third kappa shape index (κ3) is 6.14. The normalized spacial score (nSPS) is 11.2. The molecule has 1 aromatic rings. The maximum atomic E-state index is 11.8. The first-order chi connectivity index (χ1) is 9.28. The number of aromatic carboxylic acids is 1. The van der Waals surface area contributed by atoms with Crippen molar-refractivity contribution < 1.29 is 32.6 Å². The van der Waals surface area contributed by atoms with Gasteiger partial charge in [-0.25, -0.2) is 9.78 Å². The number of amides is 1. The molecule has 1 amide bonds. The number of nitrogens with zero attached hydrogens (tertiary/aromatic N) is 1. The van der Waals surface area contributed by atoms with Gasteiger partial charge in [-0.1, -0.05) is 0 Å². The van der Waals surface area contributed by atoms with Crippen LogP contribution in [-0.4, -0.2) is 41.4 Å². The zero-order valence-corrected chi connectivity index (χ0v) is 10.1. The Morgan fingerprint density at radius 3 is 2.70 bits per heavy atom. The van der Waals surface area contributed by atoms with E-state index in [4.69, 9.17) is 5.11 Å². The Labute approximate surface area is 111 Å². The minimum Gasteiger partial charge on any atom is -0.477 e. The molecule has 6 nitrogen and oxygen atoms in total. The van der Waals surface area contributed by atoms with Crippen molar-refractivity contribution in [2.24, 2.45) is 0 Å². The lowest BCUT2D eigenvalue weighted by Gasteiger charge is -2.08. The maximum Gasteiger partial charge on any atom is 0.411 e. The Morgan fingerprint density at radius 1 is 1.40 bits per heavy atom. The molecule has 0 saturated heterocycles. The van der Waals surface area contributed by atoms with E-state index in [1.807, 2.05) is 0 Å². The van der Waals surface area contributed by atoms with Gasteiger partial charge in [-0.3, -0.25) is 4.79 Å². The molecule has 0 aromatic carbocycles. The van der Waals surface area contributed by atoms with Crippen LogP contribution in [0.1, 0.15) is 16.9 Å². The van der Waals surface area contributed by atoms with Gasteiger partial charge in [0.05, 0.1) is 13.0 Å². The van der Waals surface area contributed by atoms with E-state index in [-0.39, 0.29) is 24.4 Å². The molecule has 0 aliphatic heterocycles. The van der Waals surface area contributed by atoms with E-state index in [9.17, 15) is 22.8 Å². The lowest BCUT2D eigenvalue weighted by atomic mass is 10.3. The summed E-state index contributed by atoms with van der Waals surface area (Å²) >= 11 is 0. The molecule has 1 rings (SSSR count). The van der Waals surface area contributed by atoms with Crippen molar-refractivity contribution in [2.75, 3.05) is 18.5 Å². The van der Waals surface area contributed by atoms with Gasteiger partial charge in [0.15, 0.2) is 0 Å². The van der Waals surface area contributed by atoms with Crippen molar-refractivity contribution in [2.45, 2.75) is 12.6 Å². The highest BCUT2D eigenvalue weighted by Gasteiger charge is 2.27. The lowest BCUT2D eigenvalue weighted by Crippen LogP contribution is -2.20. The summed E-state index contributed by atoms with van der Waals surface area (Å²) in [5.41, 5.74) is -0.0608. The molecule has 110 valence electrons. The predicted octanol–water partition coefficient (Wildman–Crippen LogP) is 1.69. The molecule has 9 heteroatoms. The van der Waals surface area contributed by atoms with Gasteiger partial charge in [0.2, 0.25) is 5.91 Å². The summed E-state index contributed by atoms with van der Waals surface area (Å²) in [6.45, 7) is -1.80. The maximum absolute atomic E-state index is 11.8. The first-order valence-corrected chi connectivity index (χ1v) is 5.41. The Morgan fingerprint density at radius 2 is 2.10 bits per heavy atom.